The largest absolute Gasteiger partial charge is 0.273 e. The molecule has 3 nitrogen and oxygen atoms in total. The first-order chi connectivity index (χ1) is 12.3. The third-order valence-corrected chi connectivity index (χ3v) is 5.81. The summed E-state index contributed by atoms with van der Waals surface area (Å²) in [5, 5.41) is 4.15. The lowest BCUT2D eigenvalue weighted by Crippen LogP contribution is -2.21. The van der Waals surface area contributed by atoms with Crippen LogP contribution in [0.25, 0.3) is 0 Å². The molecule has 0 saturated heterocycles. The van der Waals surface area contributed by atoms with Crippen LogP contribution in [0.2, 0.25) is 0 Å². The van der Waals surface area contributed by atoms with E-state index in [1.165, 1.54) is 0 Å². The van der Waals surface area contributed by atoms with Crippen LogP contribution in [0.1, 0.15) is 44.1 Å². The fourth-order valence-electron chi connectivity index (χ4n) is 3.68. The highest BCUT2D eigenvalue weighted by Crippen LogP contribution is 2.52. The molecule has 2 aliphatic carbocycles. The minimum atomic E-state index is 0.0705. The standard InChI is InChI=1S/C21H25BrN2O/c22-19-14-10-9-11-16(19)15-23-24-21(25)20-17-12-7-5-3-1-2-4-6-8-13-18(17)20/h3-6,9-11,14-15,17-18,20H,1-2,7-8,12-13H2,(H,24,25)/b5-3-,6-4-,23-15+. The van der Waals surface area contributed by atoms with E-state index >= 15 is 0 Å². The molecule has 4 heteroatoms. The first-order valence-corrected chi connectivity index (χ1v) is 9.94. The predicted molar refractivity (Wildman–Crippen MR) is 106 cm³/mol. The molecule has 2 unspecified atom stereocenters. The van der Waals surface area contributed by atoms with E-state index in [2.05, 4.69) is 50.8 Å². The van der Waals surface area contributed by atoms with E-state index in [1.807, 2.05) is 24.3 Å². The van der Waals surface area contributed by atoms with Crippen LogP contribution in [-0.2, 0) is 4.79 Å². The smallest absolute Gasteiger partial charge is 0.243 e. The molecule has 1 aromatic carbocycles. The second-order valence-electron chi connectivity index (χ2n) is 6.78. The first-order valence-electron chi connectivity index (χ1n) is 9.15. The molecule has 0 spiro atoms. The Morgan fingerprint density at radius 2 is 1.60 bits per heavy atom. The van der Waals surface area contributed by atoms with E-state index in [0.29, 0.717) is 11.8 Å². The number of nitrogens with one attached hydrogen (secondary N) is 1. The number of nitrogens with zero attached hydrogens (tertiary/aromatic N) is 1. The molecule has 2 atom stereocenters. The van der Waals surface area contributed by atoms with Gasteiger partial charge in [-0.1, -0.05) is 58.4 Å². The fraction of sp³-hybridized carbons (Fsp3) is 0.429. The second-order valence-corrected chi connectivity index (χ2v) is 7.64. The van der Waals surface area contributed by atoms with Gasteiger partial charge in [0.25, 0.3) is 0 Å². The van der Waals surface area contributed by atoms with Gasteiger partial charge in [-0.05, 0) is 56.4 Å². The number of hydrogen-bond donors (Lipinski definition) is 1. The number of hydrazone groups is 1. The Morgan fingerprint density at radius 1 is 1.00 bits per heavy atom. The van der Waals surface area contributed by atoms with Gasteiger partial charge in [-0.25, -0.2) is 5.43 Å². The summed E-state index contributed by atoms with van der Waals surface area (Å²) in [5.41, 5.74) is 3.71. The summed E-state index contributed by atoms with van der Waals surface area (Å²) in [6.07, 6.45) is 17.4. The van der Waals surface area contributed by atoms with Crippen molar-refractivity contribution in [2.75, 3.05) is 0 Å². The molecule has 0 bridgehead atoms. The average Bonchev–Trinajstić information content (AvgIpc) is 3.29. The summed E-state index contributed by atoms with van der Waals surface area (Å²) in [5.74, 6) is 1.22. The van der Waals surface area contributed by atoms with Gasteiger partial charge in [0.2, 0.25) is 5.91 Å². The predicted octanol–water partition coefficient (Wildman–Crippen LogP) is 5.23. The monoisotopic (exact) mass is 400 g/mol. The molecule has 25 heavy (non-hydrogen) atoms. The zero-order chi connectivity index (χ0) is 17.5. The van der Waals surface area contributed by atoms with Crippen LogP contribution in [0, 0.1) is 17.8 Å². The molecule has 0 heterocycles. The molecule has 0 aliphatic heterocycles. The lowest BCUT2D eigenvalue weighted by Gasteiger charge is -2.00. The van der Waals surface area contributed by atoms with Crippen molar-refractivity contribution in [1.82, 2.24) is 5.43 Å². The first kappa shape index (κ1) is 18.1. The normalized spacial score (nSPS) is 29.1. The van der Waals surface area contributed by atoms with Gasteiger partial charge in [-0.2, -0.15) is 5.10 Å². The van der Waals surface area contributed by atoms with Crippen LogP contribution in [-0.4, -0.2) is 12.1 Å². The molecule has 3 rings (SSSR count). The summed E-state index contributed by atoms with van der Waals surface area (Å²) < 4.78 is 0.972. The van der Waals surface area contributed by atoms with Crippen molar-refractivity contribution in [1.29, 1.82) is 0 Å². The molecule has 1 saturated carbocycles. The van der Waals surface area contributed by atoms with E-state index in [0.717, 1.165) is 48.6 Å². The van der Waals surface area contributed by atoms with Gasteiger partial charge >= 0.3 is 0 Å². The van der Waals surface area contributed by atoms with Crippen molar-refractivity contribution in [2.24, 2.45) is 22.9 Å². The zero-order valence-electron chi connectivity index (χ0n) is 14.4. The summed E-state index contributed by atoms with van der Waals surface area (Å²) in [6, 6.07) is 7.83. The molecule has 1 N–H and O–H groups in total. The molecule has 1 aromatic rings. The maximum absolute atomic E-state index is 12.5. The lowest BCUT2D eigenvalue weighted by atomic mass is 10.1. The molecule has 0 radical (unpaired) electrons. The van der Waals surface area contributed by atoms with Crippen LogP contribution in [0.3, 0.4) is 0 Å². The number of carbonyl (C=O) groups is 1. The second kappa shape index (κ2) is 9.14. The Balaban J connectivity index is 1.55. The molecule has 1 amide bonds. The third-order valence-electron chi connectivity index (χ3n) is 5.08. The highest BCUT2D eigenvalue weighted by molar-refractivity contribution is 9.10. The number of hydrogen-bond acceptors (Lipinski definition) is 2. The molecule has 132 valence electrons. The fourth-order valence-corrected chi connectivity index (χ4v) is 4.07. The van der Waals surface area contributed by atoms with Crippen molar-refractivity contribution in [3.63, 3.8) is 0 Å². The number of fused-ring (bicyclic) bond motifs is 1. The van der Waals surface area contributed by atoms with Gasteiger partial charge in [0.15, 0.2) is 0 Å². The number of allylic oxidation sites excluding steroid dienone is 4. The van der Waals surface area contributed by atoms with E-state index in [9.17, 15) is 4.79 Å². The SMILES string of the molecule is O=C(N/N=C/c1ccccc1Br)C1C2CC/C=C\CC/C=C\CCC21. The maximum atomic E-state index is 12.5. The highest BCUT2D eigenvalue weighted by atomic mass is 79.9. The minimum Gasteiger partial charge on any atom is -0.273 e. The average molecular weight is 401 g/mol. The van der Waals surface area contributed by atoms with E-state index in [4.69, 9.17) is 0 Å². The van der Waals surface area contributed by atoms with Crippen molar-refractivity contribution < 1.29 is 4.79 Å². The Labute approximate surface area is 158 Å². The van der Waals surface area contributed by atoms with Crippen molar-refractivity contribution in [3.05, 3.63) is 58.6 Å². The topological polar surface area (TPSA) is 41.5 Å². The Bertz CT molecular complexity index is 656. The molecular weight excluding hydrogens is 376 g/mol. The van der Waals surface area contributed by atoms with Crippen LogP contribution in [0.4, 0.5) is 0 Å². The van der Waals surface area contributed by atoms with Crippen LogP contribution in [0.15, 0.2) is 58.1 Å². The van der Waals surface area contributed by atoms with Crippen LogP contribution in [0.5, 0.6) is 0 Å². The van der Waals surface area contributed by atoms with Gasteiger partial charge in [0.05, 0.1) is 6.21 Å². The third kappa shape index (κ3) is 5.15. The molecule has 2 aliphatic rings. The molecule has 0 aromatic heterocycles. The van der Waals surface area contributed by atoms with Gasteiger partial charge in [-0.15, -0.1) is 0 Å². The molecular formula is C21H25BrN2O. The van der Waals surface area contributed by atoms with Crippen molar-refractivity contribution in [3.8, 4) is 0 Å². The molecule has 1 fully saturated rings. The lowest BCUT2D eigenvalue weighted by molar-refractivity contribution is -0.122. The summed E-state index contributed by atoms with van der Waals surface area (Å²) in [7, 11) is 0. The number of amides is 1. The zero-order valence-corrected chi connectivity index (χ0v) is 16.0. The van der Waals surface area contributed by atoms with Gasteiger partial charge in [-0.3, -0.25) is 4.79 Å². The van der Waals surface area contributed by atoms with Gasteiger partial charge in [0.1, 0.15) is 0 Å². The summed E-state index contributed by atoms with van der Waals surface area (Å²) in [6.45, 7) is 0. The van der Waals surface area contributed by atoms with Crippen molar-refractivity contribution >= 4 is 28.1 Å². The number of rotatable bonds is 3. The highest BCUT2D eigenvalue weighted by Gasteiger charge is 2.52. The summed E-state index contributed by atoms with van der Waals surface area (Å²) in [4.78, 5) is 12.5. The number of carbonyl (C=O) groups excluding carboxylic acids is 1. The van der Waals surface area contributed by atoms with Crippen molar-refractivity contribution in [2.45, 2.75) is 38.5 Å². The number of benzene rings is 1. The van der Waals surface area contributed by atoms with Crippen LogP contribution >= 0.6 is 15.9 Å². The number of halogens is 1. The maximum Gasteiger partial charge on any atom is 0.243 e. The summed E-state index contributed by atoms with van der Waals surface area (Å²) >= 11 is 3.48. The van der Waals surface area contributed by atoms with Crippen LogP contribution < -0.4 is 5.43 Å². The Morgan fingerprint density at radius 3 is 2.24 bits per heavy atom. The van der Waals surface area contributed by atoms with Gasteiger partial charge < -0.3 is 0 Å². The van der Waals surface area contributed by atoms with Gasteiger partial charge in [0, 0.05) is 16.0 Å². The van der Waals surface area contributed by atoms with E-state index in [-0.39, 0.29) is 11.8 Å². The van der Waals surface area contributed by atoms with E-state index < -0.39 is 0 Å². The van der Waals surface area contributed by atoms with E-state index in [1.54, 1.807) is 6.21 Å². The Hall–Kier alpha value is -1.68. The minimum absolute atomic E-state index is 0.0705. The Kier molecular flexibility index (Phi) is 6.62. The quantitative estimate of drug-likeness (QED) is 0.421.